The van der Waals surface area contributed by atoms with Crippen LogP contribution in [0.5, 0.6) is 0 Å². The first-order valence-corrected chi connectivity index (χ1v) is 5.75. The van der Waals surface area contributed by atoms with Crippen molar-refractivity contribution in [2.45, 2.75) is 26.0 Å². The summed E-state index contributed by atoms with van der Waals surface area (Å²) in [5, 5.41) is 9.65. The molecule has 1 rings (SSSR count). The van der Waals surface area contributed by atoms with Crippen molar-refractivity contribution in [3.05, 3.63) is 43.6 Å². The van der Waals surface area contributed by atoms with Gasteiger partial charge in [-0.25, -0.2) is 23.7 Å². The quantitative estimate of drug-likeness (QED) is 0.412. The van der Waals surface area contributed by atoms with Gasteiger partial charge in [0.1, 0.15) is 0 Å². The molecule has 1 unspecified atom stereocenters. The van der Waals surface area contributed by atoms with E-state index in [1.54, 1.807) is 0 Å². The van der Waals surface area contributed by atoms with Crippen LogP contribution in [0, 0.1) is 0 Å². The van der Waals surface area contributed by atoms with Crippen molar-refractivity contribution in [3.63, 3.8) is 0 Å². The second-order valence-corrected chi connectivity index (χ2v) is 4.16. The number of aromatic amines is 2. The van der Waals surface area contributed by atoms with Gasteiger partial charge in [0, 0.05) is 12.0 Å². The normalized spacial score (nSPS) is 11.9. The number of rotatable bonds is 6. The minimum Gasteiger partial charge on any atom is -0.462 e. The Hall–Kier alpha value is -2.42. The molecule has 9 nitrogen and oxygen atoms in total. The van der Waals surface area contributed by atoms with E-state index in [1.165, 1.54) is 6.92 Å². The molecule has 3 N–H and O–H groups in total. The van der Waals surface area contributed by atoms with Crippen molar-refractivity contribution in [2.75, 3.05) is 6.61 Å². The van der Waals surface area contributed by atoms with Gasteiger partial charge in [-0.15, -0.1) is 0 Å². The third kappa shape index (κ3) is 4.35. The predicted molar refractivity (Wildman–Crippen MR) is 68.3 cm³/mol. The Kier molecular flexibility index (Phi) is 5.21. The highest BCUT2D eigenvalue weighted by Gasteiger charge is 2.11. The summed E-state index contributed by atoms with van der Waals surface area (Å²) in [7, 11) is 0. The number of nitrogens with zero attached hydrogens (tertiary/aromatic N) is 1. The maximum absolute atomic E-state index is 11.3. The zero-order chi connectivity index (χ0) is 15.3. The van der Waals surface area contributed by atoms with Crippen LogP contribution in [0.2, 0.25) is 0 Å². The minimum atomic E-state index is -1.09. The van der Waals surface area contributed by atoms with Gasteiger partial charge in [-0.2, -0.15) is 0 Å². The van der Waals surface area contributed by atoms with Crippen LogP contribution < -0.4 is 17.1 Å². The Bertz CT molecular complexity index is 633. The van der Waals surface area contributed by atoms with Gasteiger partial charge in [0.25, 0.3) is 0 Å². The molecule has 0 fully saturated rings. The molecular weight excluding hydrogens is 270 g/mol. The lowest BCUT2D eigenvalue weighted by Crippen LogP contribution is -2.45. The molecular formula is C11H15N3O6. The molecule has 0 saturated carbocycles. The Balaban J connectivity index is 2.60. The average Bonchev–Trinajstić information content (AvgIpc) is 2.33. The van der Waals surface area contributed by atoms with E-state index in [2.05, 4.69) is 6.58 Å². The maximum Gasteiger partial charge on any atom is 0.333 e. The third-order valence-electron chi connectivity index (χ3n) is 2.36. The minimum absolute atomic E-state index is 0.0318. The second-order valence-electron chi connectivity index (χ2n) is 4.16. The summed E-state index contributed by atoms with van der Waals surface area (Å²) in [5.41, 5.74) is -2.53. The topological polar surface area (TPSA) is 134 Å². The first kappa shape index (κ1) is 15.6. The smallest absolute Gasteiger partial charge is 0.333 e. The van der Waals surface area contributed by atoms with Crippen LogP contribution in [0.1, 0.15) is 13.3 Å². The number of carbonyl (C=O) groups is 1. The molecule has 0 spiro atoms. The number of hydrogen-bond donors (Lipinski definition) is 3. The standard InChI is InChI=1S/C11H15N3O6/c1-6(2)8(16)20-4-3-7(15)5-14-10(18)12-9(17)13-11(14)19/h7,15H,1,3-5H2,2H3,(H2,12,13,17,18,19). The average molecular weight is 285 g/mol. The number of aliphatic hydroxyl groups is 1. The molecule has 0 aliphatic rings. The Morgan fingerprint density at radius 3 is 2.40 bits per heavy atom. The lowest BCUT2D eigenvalue weighted by molar-refractivity contribution is -0.139. The molecule has 0 radical (unpaired) electrons. The highest BCUT2D eigenvalue weighted by atomic mass is 16.5. The fourth-order valence-corrected chi connectivity index (χ4v) is 1.33. The highest BCUT2D eigenvalue weighted by Crippen LogP contribution is 1.97. The van der Waals surface area contributed by atoms with Crippen LogP contribution in [-0.2, 0) is 16.1 Å². The van der Waals surface area contributed by atoms with Crippen molar-refractivity contribution in [1.82, 2.24) is 14.5 Å². The van der Waals surface area contributed by atoms with Crippen molar-refractivity contribution >= 4 is 5.97 Å². The zero-order valence-corrected chi connectivity index (χ0v) is 10.8. The number of nitrogens with one attached hydrogen (secondary N) is 2. The van der Waals surface area contributed by atoms with Gasteiger partial charge in [-0.1, -0.05) is 6.58 Å². The van der Waals surface area contributed by atoms with Crippen LogP contribution in [0.25, 0.3) is 0 Å². The summed E-state index contributed by atoms with van der Waals surface area (Å²) in [4.78, 5) is 48.3. The fraction of sp³-hybridized carbons (Fsp3) is 0.455. The van der Waals surface area contributed by atoms with Gasteiger partial charge in [-0.3, -0.25) is 9.97 Å². The van der Waals surface area contributed by atoms with Gasteiger partial charge >= 0.3 is 23.0 Å². The summed E-state index contributed by atoms with van der Waals surface area (Å²) in [6.07, 6.45) is -1.05. The van der Waals surface area contributed by atoms with Gasteiger partial charge in [-0.05, 0) is 6.92 Å². The molecule has 110 valence electrons. The van der Waals surface area contributed by atoms with Crippen molar-refractivity contribution in [2.24, 2.45) is 0 Å². The van der Waals surface area contributed by atoms with E-state index >= 15 is 0 Å². The second kappa shape index (κ2) is 6.66. The van der Waals surface area contributed by atoms with Gasteiger partial charge in [0.15, 0.2) is 0 Å². The number of carbonyl (C=O) groups excluding carboxylic acids is 1. The molecule has 20 heavy (non-hydrogen) atoms. The van der Waals surface area contributed by atoms with Crippen molar-refractivity contribution in [1.29, 1.82) is 0 Å². The predicted octanol–water partition coefficient (Wildman–Crippen LogP) is -1.90. The van der Waals surface area contributed by atoms with Crippen LogP contribution in [0.4, 0.5) is 0 Å². The fourth-order valence-electron chi connectivity index (χ4n) is 1.33. The van der Waals surface area contributed by atoms with E-state index in [1.807, 2.05) is 9.97 Å². The van der Waals surface area contributed by atoms with E-state index in [-0.39, 0.29) is 25.1 Å². The number of ether oxygens (including phenoxy) is 1. The first-order valence-electron chi connectivity index (χ1n) is 5.75. The van der Waals surface area contributed by atoms with E-state index in [0.29, 0.717) is 4.57 Å². The highest BCUT2D eigenvalue weighted by molar-refractivity contribution is 5.86. The molecule has 0 saturated heterocycles. The SMILES string of the molecule is C=C(C)C(=O)OCCC(O)Cn1c(=O)[nH]c(=O)[nH]c1=O. The molecule has 0 aromatic carbocycles. The maximum atomic E-state index is 11.3. The molecule has 0 bridgehead atoms. The lowest BCUT2D eigenvalue weighted by atomic mass is 10.2. The molecule has 0 aliphatic carbocycles. The lowest BCUT2D eigenvalue weighted by Gasteiger charge is -2.11. The Morgan fingerprint density at radius 1 is 1.35 bits per heavy atom. The summed E-state index contributed by atoms with van der Waals surface area (Å²) < 4.78 is 5.41. The number of esters is 1. The number of aliphatic hydroxyl groups excluding tert-OH is 1. The summed E-state index contributed by atoms with van der Waals surface area (Å²) in [6.45, 7) is 4.47. The van der Waals surface area contributed by atoms with E-state index < -0.39 is 29.1 Å². The summed E-state index contributed by atoms with van der Waals surface area (Å²) >= 11 is 0. The van der Waals surface area contributed by atoms with E-state index in [4.69, 9.17) is 4.74 Å². The van der Waals surface area contributed by atoms with E-state index in [9.17, 15) is 24.3 Å². The van der Waals surface area contributed by atoms with Crippen molar-refractivity contribution < 1.29 is 14.6 Å². The molecule has 1 atom stereocenters. The molecule has 9 heteroatoms. The molecule has 1 aromatic rings. The van der Waals surface area contributed by atoms with Crippen molar-refractivity contribution in [3.8, 4) is 0 Å². The van der Waals surface area contributed by atoms with Gasteiger partial charge < -0.3 is 9.84 Å². The largest absolute Gasteiger partial charge is 0.462 e. The van der Waals surface area contributed by atoms with Crippen LogP contribution in [0.15, 0.2) is 26.5 Å². The third-order valence-corrected chi connectivity index (χ3v) is 2.36. The number of hydrogen-bond acceptors (Lipinski definition) is 6. The van der Waals surface area contributed by atoms with Crippen LogP contribution in [-0.4, -0.2) is 38.3 Å². The van der Waals surface area contributed by atoms with Gasteiger partial charge in [0.2, 0.25) is 0 Å². The Morgan fingerprint density at radius 2 is 1.90 bits per heavy atom. The van der Waals surface area contributed by atoms with Crippen LogP contribution in [0.3, 0.4) is 0 Å². The monoisotopic (exact) mass is 285 g/mol. The Labute approximate surface area is 112 Å². The van der Waals surface area contributed by atoms with E-state index in [0.717, 1.165) is 0 Å². The number of H-pyrrole nitrogens is 2. The zero-order valence-electron chi connectivity index (χ0n) is 10.8. The molecule has 0 amide bonds. The molecule has 0 aliphatic heterocycles. The van der Waals surface area contributed by atoms with Gasteiger partial charge in [0.05, 0.1) is 19.3 Å². The summed E-state index contributed by atoms with van der Waals surface area (Å²) in [5.74, 6) is -0.587. The number of aromatic nitrogens is 3. The molecule has 1 heterocycles. The summed E-state index contributed by atoms with van der Waals surface area (Å²) in [6, 6.07) is 0. The molecule has 1 aromatic heterocycles. The first-order chi connectivity index (χ1) is 9.31. The van der Waals surface area contributed by atoms with Crippen LogP contribution >= 0.6 is 0 Å².